The lowest BCUT2D eigenvalue weighted by atomic mass is 10.1. The maximum atomic E-state index is 12.1. The fraction of sp³-hybridized carbons (Fsp3) is 0.294. The zero-order valence-corrected chi connectivity index (χ0v) is 15.6. The third kappa shape index (κ3) is 4.27. The van der Waals surface area contributed by atoms with E-state index >= 15 is 0 Å². The maximum absolute atomic E-state index is 12.1. The summed E-state index contributed by atoms with van der Waals surface area (Å²) in [6, 6.07) is 6.64. The van der Waals surface area contributed by atoms with Gasteiger partial charge in [0.2, 0.25) is 0 Å². The van der Waals surface area contributed by atoms with Crippen molar-refractivity contribution in [1.82, 2.24) is 15.6 Å². The van der Waals surface area contributed by atoms with Crippen molar-refractivity contribution < 1.29 is 14.3 Å². The number of carbonyl (C=O) groups excluding carboxylic acids is 2. The van der Waals surface area contributed by atoms with E-state index < -0.39 is 12.0 Å². The summed E-state index contributed by atoms with van der Waals surface area (Å²) >= 11 is 12.4. The van der Waals surface area contributed by atoms with Crippen LogP contribution in [0.3, 0.4) is 0 Å². The van der Waals surface area contributed by atoms with Gasteiger partial charge in [0, 0.05) is 35.3 Å². The second kappa shape index (κ2) is 8.27. The van der Waals surface area contributed by atoms with Crippen molar-refractivity contribution in [2.45, 2.75) is 20.0 Å². The second-order valence-electron chi connectivity index (χ2n) is 5.26. The Morgan fingerprint density at radius 3 is 2.44 bits per heavy atom. The Morgan fingerprint density at radius 2 is 1.88 bits per heavy atom. The summed E-state index contributed by atoms with van der Waals surface area (Å²) in [6.07, 6.45) is -0.525. The molecule has 0 aliphatic rings. The number of rotatable bonds is 6. The number of H-pyrrole nitrogens is 1. The first-order valence-corrected chi connectivity index (χ1v) is 8.48. The van der Waals surface area contributed by atoms with Crippen molar-refractivity contribution in [3.05, 3.63) is 51.3 Å². The number of aromatic amines is 1. The van der Waals surface area contributed by atoms with Gasteiger partial charge in [-0.1, -0.05) is 29.3 Å². The summed E-state index contributed by atoms with van der Waals surface area (Å²) in [5.41, 5.74) is 0.987. The van der Waals surface area contributed by atoms with Gasteiger partial charge >= 0.3 is 0 Å². The van der Waals surface area contributed by atoms with Crippen LogP contribution in [0.2, 0.25) is 10.0 Å². The fourth-order valence-electron chi connectivity index (χ4n) is 2.35. The molecule has 0 saturated heterocycles. The minimum atomic E-state index is -0.525. The molecule has 8 heteroatoms. The zero-order chi connectivity index (χ0) is 18.6. The Morgan fingerprint density at radius 1 is 1.24 bits per heavy atom. The Hall–Kier alpha value is -2.18. The van der Waals surface area contributed by atoms with Gasteiger partial charge in [0.25, 0.3) is 11.8 Å². The van der Waals surface area contributed by atoms with Gasteiger partial charge in [-0.05, 0) is 26.0 Å². The van der Waals surface area contributed by atoms with Gasteiger partial charge in [0.1, 0.15) is 17.5 Å². The monoisotopic (exact) mass is 383 g/mol. The molecule has 2 rings (SSSR count). The minimum absolute atomic E-state index is 0.152. The molecule has 1 aromatic heterocycles. The molecule has 25 heavy (non-hydrogen) atoms. The molecular formula is C17H19Cl2N3O3. The molecular weight excluding hydrogens is 365 g/mol. The number of benzene rings is 1. The number of hydrogen-bond donors (Lipinski definition) is 3. The van der Waals surface area contributed by atoms with Crippen molar-refractivity contribution in [1.29, 1.82) is 0 Å². The van der Waals surface area contributed by atoms with Crippen molar-refractivity contribution >= 4 is 35.0 Å². The van der Waals surface area contributed by atoms with Gasteiger partial charge in [0.05, 0.1) is 0 Å². The molecule has 134 valence electrons. The third-order valence-corrected chi connectivity index (χ3v) is 4.19. The van der Waals surface area contributed by atoms with Crippen LogP contribution in [0.1, 0.15) is 46.5 Å². The van der Waals surface area contributed by atoms with Crippen molar-refractivity contribution in [2.75, 3.05) is 13.6 Å². The van der Waals surface area contributed by atoms with E-state index in [1.165, 1.54) is 13.1 Å². The molecule has 0 unspecified atom stereocenters. The smallest absolute Gasteiger partial charge is 0.271 e. The molecule has 1 aromatic carbocycles. The molecule has 6 nitrogen and oxygen atoms in total. The number of aromatic nitrogens is 1. The highest BCUT2D eigenvalue weighted by molar-refractivity contribution is 6.36. The van der Waals surface area contributed by atoms with Crippen LogP contribution in [0.4, 0.5) is 0 Å². The molecule has 0 saturated carbocycles. The van der Waals surface area contributed by atoms with Crippen LogP contribution in [0.25, 0.3) is 0 Å². The SMILES string of the molecule is CCNC(=O)c1cc(O[C@@H](C)c2c(Cl)cccc2Cl)c(C(=O)NC)[nH]1. The Kier molecular flexibility index (Phi) is 6.33. The predicted molar refractivity (Wildman–Crippen MR) is 97.7 cm³/mol. The quantitative estimate of drug-likeness (QED) is 0.712. The van der Waals surface area contributed by atoms with Gasteiger partial charge in [-0.3, -0.25) is 9.59 Å². The molecule has 1 atom stereocenters. The summed E-state index contributed by atoms with van der Waals surface area (Å²) in [7, 11) is 1.49. The Balaban J connectivity index is 2.37. The summed E-state index contributed by atoms with van der Waals surface area (Å²) in [6.45, 7) is 4.04. The van der Waals surface area contributed by atoms with E-state index in [-0.39, 0.29) is 23.0 Å². The van der Waals surface area contributed by atoms with Crippen LogP contribution in [-0.4, -0.2) is 30.4 Å². The van der Waals surface area contributed by atoms with Crippen LogP contribution in [0.5, 0.6) is 5.75 Å². The average Bonchev–Trinajstić information content (AvgIpc) is 2.98. The third-order valence-electron chi connectivity index (χ3n) is 3.53. The number of hydrogen-bond acceptors (Lipinski definition) is 3. The van der Waals surface area contributed by atoms with Crippen molar-refractivity contribution in [2.24, 2.45) is 0 Å². The predicted octanol–water partition coefficient (Wildman–Crippen LogP) is 3.57. The highest BCUT2D eigenvalue weighted by atomic mass is 35.5. The first-order valence-electron chi connectivity index (χ1n) is 7.72. The van der Waals surface area contributed by atoms with Gasteiger partial charge in [-0.2, -0.15) is 0 Å². The number of amides is 2. The van der Waals surface area contributed by atoms with Crippen LogP contribution in [0, 0.1) is 0 Å². The molecule has 0 spiro atoms. The van der Waals surface area contributed by atoms with Gasteiger partial charge in [0.15, 0.2) is 5.75 Å². The maximum Gasteiger partial charge on any atom is 0.271 e. The van der Waals surface area contributed by atoms with Gasteiger partial charge in [-0.25, -0.2) is 0 Å². The lowest BCUT2D eigenvalue weighted by Gasteiger charge is -2.17. The topological polar surface area (TPSA) is 83.2 Å². The number of carbonyl (C=O) groups is 2. The van der Waals surface area contributed by atoms with E-state index in [2.05, 4.69) is 15.6 Å². The van der Waals surface area contributed by atoms with E-state index in [1.807, 2.05) is 0 Å². The molecule has 0 aliphatic carbocycles. The van der Waals surface area contributed by atoms with Crippen molar-refractivity contribution in [3.63, 3.8) is 0 Å². The van der Waals surface area contributed by atoms with E-state index in [0.717, 1.165) is 0 Å². The molecule has 2 amide bonds. The van der Waals surface area contributed by atoms with E-state index in [1.54, 1.807) is 32.0 Å². The van der Waals surface area contributed by atoms with Crippen LogP contribution < -0.4 is 15.4 Å². The second-order valence-corrected chi connectivity index (χ2v) is 6.07. The Bertz CT molecular complexity index is 769. The summed E-state index contributed by atoms with van der Waals surface area (Å²) in [4.78, 5) is 26.9. The number of ether oxygens (including phenoxy) is 1. The summed E-state index contributed by atoms with van der Waals surface area (Å²) < 4.78 is 5.88. The first-order chi connectivity index (χ1) is 11.9. The fourth-order valence-corrected chi connectivity index (χ4v) is 3.05. The molecule has 0 fully saturated rings. The van der Waals surface area contributed by atoms with Gasteiger partial charge < -0.3 is 20.4 Å². The summed E-state index contributed by atoms with van der Waals surface area (Å²) in [5, 5.41) is 6.09. The summed E-state index contributed by atoms with van der Waals surface area (Å²) in [5.74, 6) is -0.488. The molecule has 0 radical (unpaired) electrons. The van der Waals surface area contributed by atoms with Crippen molar-refractivity contribution in [3.8, 4) is 5.75 Å². The minimum Gasteiger partial charge on any atom is -0.483 e. The number of halogens is 2. The molecule has 0 aliphatic heterocycles. The van der Waals surface area contributed by atoms with Crippen LogP contribution >= 0.6 is 23.2 Å². The number of nitrogens with one attached hydrogen (secondary N) is 3. The molecule has 0 bridgehead atoms. The van der Waals surface area contributed by atoms with Crippen LogP contribution in [-0.2, 0) is 0 Å². The van der Waals surface area contributed by atoms with Gasteiger partial charge in [-0.15, -0.1) is 0 Å². The van der Waals surface area contributed by atoms with E-state index in [4.69, 9.17) is 27.9 Å². The largest absolute Gasteiger partial charge is 0.483 e. The Labute approximate surface area is 155 Å². The normalized spacial score (nSPS) is 11.7. The molecule has 2 aromatic rings. The zero-order valence-electron chi connectivity index (χ0n) is 14.1. The van der Waals surface area contributed by atoms with E-state index in [0.29, 0.717) is 22.2 Å². The highest BCUT2D eigenvalue weighted by Crippen LogP contribution is 2.34. The van der Waals surface area contributed by atoms with Crippen LogP contribution in [0.15, 0.2) is 24.3 Å². The standard InChI is InChI=1S/C17H19Cl2N3O3/c1-4-21-16(23)12-8-13(15(22-12)17(24)20-3)25-9(2)14-10(18)6-5-7-11(14)19/h5-9,22H,4H2,1-3H3,(H,20,24)(H,21,23)/t9-/m0/s1. The highest BCUT2D eigenvalue weighted by Gasteiger charge is 2.23. The lowest BCUT2D eigenvalue weighted by Crippen LogP contribution is -2.23. The van der Waals surface area contributed by atoms with E-state index in [9.17, 15) is 9.59 Å². The first kappa shape index (κ1) is 19.1. The molecule has 3 N–H and O–H groups in total. The molecule has 1 heterocycles. The average molecular weight is 384 g/mol. The lowest BCUT2D eigenvalue weighted by molar-refractivity contribution is 0.0951.